The summed E-state index contributed by atoms with van der Waals surface area (Å²) in [6.45, 7) is 19.5. The quantitative estimate of drug-likeness (QED) is 0.504. The van der Waals surface area contributed by atoms with Crippen molar-refractivity contribution in [2.75, 3.05) is 27.2 Å². The molecule has 4 N–H and O–H groups in total. The standard InChI is InChI=1S/C15H24N2O2.C12H26N2O2/c1-15(2,3)13(10-16-4)17-14(18)19-11-12-8-6-5-7-9-12;1-11(2,3)9(13)8-14(7)10(15)16-12(4,5)6/h5-9,13,16H,10-11H2,1-4H3,(H,17,18);9H,8,13H2,1-7H3/t13-;9-/m11/s1. The SMILES string of the molecule is CN(C[C@@H](N)C(C)(C)C)C(=O)OC(C)(C)C.CNC[C@@H](NC(=O)OCc1ccccc1)C(C)(C)C. The second-order valence-corrected chi connectivity index (χ2v) is 12.0. The topological polar surface area (TPSA) is 106 Å². The summed E-state index contributed by atoms with van der Waals surface area (Å²) in [5.41, 5.74) is 6.49. The fraction of sp³-hybridized carbons (Fsp3) is 0.704. The molecule has 0 heterocycles. The molecule has 0 fully saturated rings. The molecule has 0 saturated carbocycles. The molecule has 2 atom stereocenters. The maximum Gasteiger partial charge on any atom is 0.410 e. The van der Waals surface area contributed by atoms with E-state index in [9.17, 15) is 9.59 Å². The monoisotopic (exact) mass is 494 g/mol. The number of nitrogens with one attached hydrogen (secondary N) is 2. The zero-order chi connectivity index (χ0) is 27.4. The van der Waals surface area contributed by atoms with Gasteiger partial charge in [0.25, 0.3) is 0 Å². The number of nitrogens with zero attached hydrogens (tertiary/aromatic N) is 1. The molecular formula is C27H50N4O4. The first kappa shape index (κ1) is 32.7. The number of alkyl carbamates (subject to hydrolysis) is 1. The van der Waals surface area contributed by atoms with E-state index in [1.807, 2.05) is 58.2 Å². The fourth-order valence-electron chi connectivity index (χ4n) is 2.67. The van der Waals surface area contributed by atoms with Crippen LogP contribution in [0, 0.1) is 10.8 Å². The van der Waals surface area contributed by atoms with Gasteiger partial charge in [0.15, 0.2) is 0 Å². The summed E-state index contributed by atoms with van der Waals surface area (Å²) in [5.74, 6) is 0. The molecule has 0 aliphatic carbocycles. The van der Waals surface area contributed by atoms with Crippen LogP contribution in [0.15, 0.2) is 30.3 Å². The third-order valence-electron chi connectivity index (χ3n) is 5.25. The summed E-state index contributed by atoms with van der Waals surface area (Å²) < 4.78 is 10.5. The third kappa shape index (κ3) is 15.3. The summed E-state index contributed by atoms with van der Waals surface area (Å²) in [4.78, 5) is 25.0. The zero-order valence-corrected chi connectivity index (χ0v) is 23.8. The molecule has 0 aromatic heterocycles. The molecule has 8 heteroatoms. The Bertz CT molecular complexity index is 749. The minimum atomic E-state index is -0.461. The van der Waals surface area contributed by atoms with Crippen LogP contribution >= 0.6 is 0 Å². The number of benzene rings is 1. The van der Waals surface area contributed by atoms with Crippen LogP contribution in [0.2, 0.25) is 0 Å². The molecular weight excluding hydrogens is 444 g/mol. The van der Waals surface area contributed by atoms with Crippen molar-refractivity contribution in [3.05, 3.63) is 35.9 Å². The number of hydrogen-bond acceptors (Lipinski definition) is 6. The molecule has 0 spiro atoms. The predicted octanol–water partition coefficient (Wildman–Crippen LogP) is 4.77. The van der Waals surface area contributed by atoms with Crippen LogP contribution in [0.4, 0.5) is 9.59 Å². The van der Waals surface area contributed by atoms with Crippen molar-refractivity contribution in [2.24, 2.45) is 16.6 Å². The highest BCUT2D eigenvalue weighted by Crippen LogP contribution is 2.19. The average Bonchev–Trinajstić information content (AvgIpc) is 2.70. The Hall–Kier alpha value is -2.32. The maximum atomic E-state index is 11.8. The highest BCUT2D eigenvalue weighted by molar-refractivity contribution is 5.68. The Balaban J connectivity index is 0.000000672. The van der Waals surface area contributed by atoms with Gasteiger partial charge in [0.1, 0.15) is 12.2 Å². The molecule has 2 amide bonds. The molecule has 0 aliphatic heterocycles. The Labute approximate surface area is 213 Å². The van der Waals surface area contributed by atoms with Crippen LogP contribution in [0.25, 0.3) is 0 Å². The molecule has 8 nitrogen and oxygen atoms in total. The summed E-state index contributed by atoms with van der Waals surface area (Å²) in [5, 5.41) is 5.99. The van der Waals surface area contributed by atoms with Gasteiger partial charge >= 0.3 is 12.2 Å². The van der Waals surface area contributed by atoms with E-state index >= 15 is 0 Å². The van der Waals surface area contributed by atoms with E-state index in [4.69, 9.17) is 15.2 Å². The second kappa shape index (κ2) is 14.3. The van der Waals surface area contributed by atoms with Crippen LogP contribution in [0.1, 0.15) is 67.9 Å². The number of hydrogen-bond donors (Lipinski definition) is 3. The number of carbonyl (C=O) groups is 2. The van der Waals surface area contributed by atoms with Gasteiger partial charge in [0.05, 0.1) is 0 Å². The lowest BCUT2D eigenvalue weighted by Gasteiger charge is -2.32. The van der Waals surface area contributed by atoms with Crippen molar-refractivity contribution in [1.29, 1.82) is 0 Å². The van der Waals surface area contributed by atoms with Gasteiger partial charge in [-0.1, -0.05) is 71.9 Å². The number of nitrogens with two attached hydrogens (primary N) is 1. The van der Waals surface area contributed by atoms with E-state index in [2.05, 4.69) is 52.2 Å². The highest BCUT2D eigenvalue weighted by Gasteiger charge is 2.27. The van der Waals surface area contributed by atoms with Crippen LogP contribution < -0.4 is 16.4 Å². The lowest BCUT2D eigenvalue weighted by atomic mass is 9.87. The Kier molecular flexibility index (Phi) is 13.3. The number of rotatable bonds is 7. The number of ether oxygens (including phenoxy) is 2. The summed E-state index contributed by atoms with van der Waals surface area (Å²) in [6.07, 6.45) is -0.703. The lowest BCUT2D eigenvalue weighted by molar-refractivity contribution is 0.0270. The van der Waals surface area contributed by atoms with E-state index in [1.165, 1.54) is 4.90 Å². The Morgan fingerprint density at radius 2 is 1.51 bits per heavy atom. The van der Waals surface area contributed by atoms with Crippen LogP contribution in [0.5, 0.6) is 0 Å². The predicted molar refractivity (Wildman–Crippen MR) is 143 cm³/mol. The summed E-state index contributed by atoms with van der Waals surface area (Å²) in [7, 11) is 3.58. The van der Waals surface area contributed by atoms with Gasteiger partial charge in [-0.2, -0.15) is 0 Å². The van der Waals surface area contributed by atoms with Gasteiger partial charge in [0, 0.05) is 32.2 Å². The average molecular weight is 495 g/mol. The lowest BCUT2D eigenvalue weighted by Crippen LogP contribution is -2.49. The second-order valence-electron chi connectivity index (χ2n) is 12.0. The minimum absolute atomic E-state index is 0.0176. The third-order valence-corrected chi connectivity index (χ3v) is 5.25. The van der Waals surface area contributed by atoms with Crippen molar-refractivity contribution in [3.63, 3.8) is 0 Å². The maximum absolute atomic E-state index is 11.8. The number of likely N-dealkylation sites (N-methyl/N-ethyl adjacent to an activating group) is 2. The number of amides is 2. The first-order valence-corrected chi connectivity index (χ1v) is 12.2. The molecule has 1 rings (SSSR count). The van der Waals surface area contributed by atoms with E-state index < -0.39 is 5.60 Å². The minimum Gasteiger partial charge on any atom is -0.445 e. The fourth-order valence-corrected chi connectivity index (χ4v) is 2.67. The molecule has 0 unspecified atom stereocenters. The van der Waals surface area contributed by atoms with Crippen molar-refractivity contribution >= 4 is 12.2 Å². The van der Waals surface area contributed by atoms with Crippen LogP contribution in [-0.2, 0) is 16.1 Å². The van der Waals surface area contributed by atoms with Crippen molar-refractivity contribution in [3.8, 4) is 0 Å². The molecule has 202 valence electrons. The van der Waals surface area contributed by atoms with E-state index in [0.29, 0.717) is 19.7 Å². The normalized spacial score (nSPS) is 13.6. The molecule has 1 aromatic rings. The van der Waals surface area contributed by atoms with Crippen LogP contribution in [0.3, 0.4) is 0 Å². The van der Waals surface area contributed by atoms with Crippen LogP contribution in [-0.4, -0.2) is 62.0 Å². The Morgan fingerprint density at radius 1 is 0.971 bits per heavy atom. The molecule has 35 heavy (non-hydrogen) atoms. The first-order chi connectivity index (χ1) is 15.9. The molecule has 0 aliphatic rings. The Morgan fingerprint density at radius 3 is 1.94 bits per heavy atom. The van der Waals surface area contributed by atoms with Gasteiger partial charge in [0.2, 0.25) is 0 Å². The van der Waals surface area contributed by atoms with E-state index in [1.54, 1.807) is 7.05 Å². The van der Waals surface area contributed by atoms with E-state index in [0.717, 1.165) is 5.56 Å². The van der Waals surface area contributed by atoms with Gasteiger partial charge in [-0.15, -0.1) is 0 Å². The molecule has 0 saturated heterocycles. The van der Waals surface area contributed by atoms with Crippen molar-refractivity contribution in [1.82, 2.24) is 15.5 Å². The smallest absolute Gasteiger partial charge is 0.410 e. The summed E-state index contributed by atoms with van der Waals surface area (Å²) in [6, 6.07) is 9.62. The zero-order valence-electron chi connectivity index (χ0n) is 23.8. The van der Waals surface area contributed by atoms with Crippen molar-refractivity contribution in [2.45, 2.75) is 86.6 Å². The molecule has 0 bridgehead atoms. The van der Waals surface area contributed by atoms with Gasteiger partial charge in [-0.25, -0.2) is 9.59 Å². The van der Waals surface area contributed by atoms with Gasteiger partial charge < -0.3 is 30.7 Å². The number of carbonyl (C=O) groups excluding carboxylic acids is 2. The van der Waals surface area contributed by atoms with Crippen molar-refractivity contribution < 1.29 is 19.1 Å². The van der Waals surface area contributed by atoms with Gasteiger partial charge in [-0.3, -0.25) is 0 Å². The molecule has 0 radical (unpaired) electrons. The largest absolute Gasteiger partial charge is 0.445 e. The molecule has 1 aromatic carbocycles. The first-order valence-electron chi connectivity index (χ1n) is 12.2. The van der Waals surface area contributed by atoms with Gasteiger partial charge in [-0.05, 0) is 44.2 Å². The van der Waals surface area contributed by atoms with E-state index in [-0.39, 0.29) is 35.1 Å². The summed E-state index contributed by atoms with van der Waals surface area (Å²) >= 11 is 0. The highest BCUT2D eigenvalue weighted by atomic mass is 16.6.